The van der Waals surface area contributed by atoms with E-state index < -0.39 is 5.60 Å². The van der Waals surface area contributed by atoms with Crippen molar-refractivity contribution in [3.8, 4) is 17.2 Å². The number of rotatable bonds is 10. The normalized spacial score (nSPS) is 12.0. The van der Waals surface area contributed by atoms with Gasteiger partial charge in [0.15, 0.2) is 5.78 Å². The summed E-state index contributed by atoms with van der Waals surface area (Å²) in [6.45, 7) is 18.6. The monoisotopic (exact) mass is 450 g/mol. The third kappa shape index (κ3) is 8.80. The van der Waals surface area contributed by atoms with Crippen LogP contribution in [0.25, 0.3) is 6.08 Å². The topological polar surface area (TPSA) is 44.8 Å². The summed E-state index contributed by atoms with van der Waals surface area (Å²) in [5, 5.41) is 0. The van der Waals surface area contributed by atoms with Gasteiger partial charge in [0.1, 0.15) is 28.5 Å². The van der Waals surface area contributed by atoms with Gasteiger partial charge in [0.05, 0.1) is 6.61 Å². The van der Waals surface area contributed by atoms with Gasteiger partial charge >= 0.3 is 0 Å². The highest BCUT2D eigenvalue weighted by molar-refractivity contribution is 6.07. The first kappa shape index (κ1) is 26.2. The number of ether oxygens (including phenoxy) is 3. The SMILES string of the molecule is C=CCc1cc(C=CC(=O)c2ccc(OCCC)cc2)c(OC(C)(C)C)cc1OC(C)(C)C. The molecule has 0 amide bonds. The van der Waals surface area contributed by atoms with Crippen molar-refractivity contribution < 1.29 is 19.0 Å². The molecule has 2 aromatic rings. The second-order valence-corrected chi connectivity index (χ2v) is 9.99. The average molecular weight is 451 g/mol. The molecule has 178 valence electrons. The predicted octanol–water partition coefficient (Wildman–Crippen LogP) is 7.45. The highest BCUT2D eigenvalue weighted by atomic mass is 16.5. The molecule has 0 fully saturated rings. The first-order valence-corrected chi connectivity index (χ1v) is 11.5. The number of allylic oxidation sites excluding steroid dienone is 2. The Morgan fingerprint density at radius 2 is 1.55 bits per heavy atom. The van der Waals surface area contributed by atoms with Crippen LogP contribution < -0.4 is 14.2 Å². The van der Waals surface area contributed by atoms with Crippen LogP contribution >= 0.6 is 0 Å². The first-order chi connectivity index (χ1) is 15.4. The zero-order valence-corrected chi connectivity index (χ0v) is 21.2. The van der Waals surface area contributed by atoms with Gasteiger partial charge in [-0.25, -0.2) is 0 Å². The number of hydrogen-bond acceptors (Lipinski definition) is 4. The molecule has 2 aromatic carbocycles. The van der Waals surface area contributed by atoms with E-state index >= 15 is 0 Å². The molecule has 2 rings (SSSR count). The van der Waals surface area contributed by atoms with E-state index in [4.69, 9.17) is 14.2 Å². The van der Waals surface area contributed by atoms with Gasteiger partial charge in [-0.2, -0.15) is 0 Å². The molecule has 4 nitrogen and oxygen atoms in total. The highest BCUT2D eigenvalue weighted by Gasteiger charge is 2.20. The van der Waals surface area contributed by atoms with Crippen LogP contribution in [0.4, 0.5) is 0 Å². The molecular formula is C29H38O4. The molecule has 0 heterocycles. The van der Waals surface area contributed by atoms with E-state index in [0.717, 1.165) is 29.0 Å². The van der Waals surface area contributed by atoms with E-state index in [-0.39, 0.29) is 11.4 Å². The Hall–Kier alpha value is -3.01. The minimum atomic E-state index is -0.403. The van der Waals surface area contributed by atoms with Gasteiger partial charge in [0.25, 0.3) is 0 Å². The molecule has 0 bridgehead atoms. The summed E-state index contributed by atoms with van der Waals surface area (Å²) in [7, 11) is 0. The first-order valence-electron chi connectivity index (χ1n) is 11.5. The van der Waals surface area contributed by atoms with Gasteiger partial charge in [0, 0.05) is 17.2 Å². The quantitative estimate of drug-likeness (QED) is 0.214. The van der Waals surface area contributed by atoms with Crippen LogP contribution in [0.2, 0.25) is 0 Å². The van der Waals surface area contributed by atoms with Crippen molar-refractivity contribution in [3.63, 3.8) is 0 Å². The molecule has 0 saturated heterocycles. The van der Waals surface area contributed by atoms with E-state index in [1.165, 1.54) is 0 Å². The van der Waals surface area contributed by atoms with Crippen molar-refractivity contribution in [2.45, 2.75) is 72.5 Å². The van der Waals surface area contributed by atoms with Gasteiger partial charge in [-0.15, -0.1) is 6.58 Å². The van der Waals surface area contributed by atoms with E-state index in [1.54, 1.807) is 24.3 Å². The third-order valence-electron chi connectivity index (χ3n) is 4.42. The molecule has 0 aromatic heterocycles. The van der Waals surface area contributed by atoms with Crippen molar-refractivity contribution in [1.82, 2.24) is 0 Å². The van der Waals surface area contributed by atoms with Gasteiger partial charge in [-0.3, -0.25) is 4.79 Å². The Kier molecular flexibility index (Phi) is 8.92. The lowest BCUT2D eigenvalue weighted by Crippen LogP contribution is -2.25. The van der Waals surface area contributed by atoms with Crippen LogP contribution in [-0.4, -0.2) is 23.6 Å². The molecule has 0 aliphatic carbocycles. The maximum absolute atomic E-state index is 12.8. The zero-order valence-electron chi connectivity index (χ0n) is 21.2. The number of hydrogen-bond donors (Lipinski definition) is 0. The smallest absolute Gasteiger partial charge is 0.185 e. The fourth-order valence-corrected chi connectivity index (χ4v) is 3.11. The van der Waals surface area contributed by atoms with Crippen LogP contribution in [0.1, 0.15) is 76.4 Å². The molecule has 0 radical (unpaired) electrons. The summed E-state index contributed by atoms with van der Waals surface area (Å²) >= 11 is 0. The minimum absolute atomic E-state index is 0.0842. The Morgan fingerprint density at radius 3 is 2.09 bits per heavy atom. The Balaban J connectivity index is 2.39. The highest BCUT2D eigenvalue weighted by Crippen LogP contribution is 2.35. The summed E-state index contributed by atoms with van der Waals surface area (Å²) in [5.41, 5.74) is 1.66. The van der Waals surface area contributed by atoms with Crippen molar-refractivity contribution in [2.24, 2.45) is 0 Å². The Labute approximate surface area is 199 Å². The number of carbonyl (C=O) groups excluding carboxylic acids is 1. The molecule has 0 aliphatic heterocycles. The zero-order chi connectivity index (χ0) is 24.6. The number of ketones is 1. The summed E-state index contributed by atoms with van der Waals surface area (Å²) in [5.74, 6) is 2.11. The fourth-order valence-electron chi connectivity index (χ4n) is 3.11. The summed E-state index contributed by atoms with van der Waals surface area (Å²) < 4.78 is 18.0. The molecule has 0 atom stereocenters. The van der Waals surface area contributed by atoms with E-state index in [9.17, 15) is 4.79 Å². The van der Waals surface area contributed by atoms with Crippen LogP contribution in [0.3, 0.4) is 0 Å². The predicted molar refractivity (Wildman–Crippen MR) is 137 cm³/mol. The van der Waals surface area contributed by atoms with Crippen LogP contribution in [-0.2, 0) is 6.42 Å². The fraction of sp³-hybridized carbons (Fsp3) is 0.414. The number of carbonyl (C=O) groups is 1. The van der Waals surface area contributed by atoms with Crippen molar-refractivity contribution in [1.29, 1.82) is 0 Å². The standard InChI is InChI=1S/C29H38O4/c1-9-11-22-19-23(27(33-29(6,7)8)20-26(22)32-28(3,4)5)14-17-25(30)21-12-15-24(16-13-21)31-18-10-2/h9,12-17,19-20H,1,10-11,18H2,2-8H3. The number of benzene rings is 2. The average Bonchev–Trinajstić information content (AvgIpc) is 2.71. The second-order valence-electron chi connectivity index (χ2n) is 9.99. The van der Waals surface area contributed by atoms with Crippen LogP contribution in [0.15, 0.2) is 55.1 Å². The van der Waals surface area contributed by atoms with E-state index in [2.05, 4.69) is 13.5 Å². The lowest BCUT2D eigenvalue weighted by molar-refractivity contribution is 0.104. The van der Waals surface area contributed by atoms with Gasteiger partial charge in [-0.05, 0) is 102 Å². The summed E-state index contributed by atoms with van der Waals surface area (Å²) in [6, 6.07) is 11.1. The molecule has 0 spiro atoms. The van der Waals surface area contributed by atoms with Crippen LogP contribution in [0, 0.1) is 0 Å². The van der Waals surface area contributed by atoms with Crippen molar-refractivity contribution in [3.05, 3.63) is 71.8 Å². The Bertz CT molecular complexity index is 970. The van der Waals surface area contributed by atoms with E-state index in [0.29, 0.717) is 24.3 Å². The largest absolute Gasteiger partial charge is 0.494 e. The van der Waals surface area contributed by atoms with E-state index in [1.807, 2.05) is 71.9 Å². The molecule has 0 aliphatic rings. The third-order valence-corrected chi connectivity index (χ3v) is 4.42. The lowest BCUT2D eigenvalue weighted by atomic mass is 10.0. The Morgan fingerprint density at radius 1 is 0.939 bits per heavy atom. The minimum Gasteiger partial charge on any atom is -0.494 e. The molecule has 4 heteroatoms. The maximum atomic E-state index is 12.8. The van der Waals surface area contributed by atoms with Gasteiger partial charge in [-0.1, -0.05) is 13.0 Å². The molecule has 0 unspecified atom stereocenters. The summed E-state index contributed by atoms with van der Waals surface area (Å²) in [4.78, 5) is 12.8. The van der Waals surface area contributed by atoms with Crippen LogP contribution in [0.5, 0.6) is 17.2 Å². The van der Waals surface area contributed by atoms with Crippen molar-refractivity contribution >= 4 is 11.9 Å². The van der Waals surface area contributed by atoms with Crippen molar-refractivity contribution in [2.75, 3.05) is 6.61 Å². The summed E-state index contributed by atoms with van der Waals surface area (Å²) in [6.07, 6.45) is 6.81. The van der Waals surface area contributed by atoms with Gasteiger partial charge in [0.2, 0.25) is 0 Å². The molecule has 33 heavy (non-hydrogen) atoms. The molecular weight excluding hydrogens is 412 g/mol. The second kappa shape index (κ2) is 11.2. The maximum Gasteiger partial charge on any atom is 0.185 e. The molecule has 0 saturated carbocycles. The van der Waals surface area contributed by atoms with Gasteiger partial charge < -0.3 is 14.2 Å². The lowest BCUT2D eigenvalue weighted by Gasteiger charge is -2.27. The molecule has 0 N–H and O–H groups in total.